The van der Waals surface area contributed by atoms with Crippen molar-refractivity contribution in [3.05, 3.63) is 35.4 Å². The predicted molar refractivity (Wildman–Crippen MR) is 78.1 cm³/mol. The number of halogens is 3. The van der Waals surface area contributed by atoms with E-state index in [1.165, 1.54) is 18.9 Å². The first kappa shape index (κ1) is 16.3. The van der Waals surface area contributed by atoms with Crippen LogP contribution in [0.4, 0.5) is 13.2 Å². The van der Waals surface area contributed by atoms with Crippen molar-refractivity contribution in [2.24, 2.45) is 0 Å². The highest BCUT2D eigenvalue weighted by molar-refractivity contribution is 5.32. The average Bonchev–Trinajstić information content (AvgIpc) is 2.90. The first-order chi connectivity index (χ1) is 9.88. The van der Waals surface area contributed by atoms with Gasteiger partial charge < -0.3 is 10.2 Å². The van der Waals surface area contributed by atoms with Gasteiger partial charge >= 0.3 is 6.18 Å². The van der Waals surface area contributed by atoms with Gasteiger partial charge in [0, 0.05) is 18.6 Å². The van der Waals surface area contributed by atoms with Gasteiger partial charge in [-0.1, -0.05) is 18.2 Å². The number of hydrogen-bond donors (Lipinski definition) is 1. The monoisotopic (exact) mass is 300 g/mol. The molecule has 0 aromatic heterocycles. The van der Waals surface area contributed by atoms with Crippen molar-refractivity contribution in [1.82, 2.24) is 10.2 Å². The summed E-state index contributed by atoms with van der Waals surface area (Å²) in [6, 6.07) is 5.65. The molecule has 0 spiro atoms. The van der Waals surface area contributed by atoms with E-state index in [0.29, 0.717) is 5.56 Å². The lowest BCUT2D eigenvalue weighted by Gasteiger charge is -2.26. The van der Waals surface area contributed by atoms with Gasteiger partial charge in [-0.15, -0.1) is 0 Å². The molecule has 2 atom stereocenters. The van der Waals surface area contributed by atoms with Crippen molar-refractivity contribution in [3.8, 4) is 0 Å². The Morgan fingerprint density at radius 3 is 2.38 bits per heavy atom. The largest absolute Gasteiger partial charge is 0.416 e. The molecule has 0 amide bonds. The molecular weight excluding hydrogens is 277 g/mol. The van der Waals surface area contributed by atoms with Crippen LogP contribution in [0.2, 0.25) is 0 Å². The lowest BCUT2D eigenvalue weighted by molar-refractivity contribution is -0.138. The van der Waals surface area contributed by atoms with E-state index in [0.717, 1.165) is 25.7 Å². The lowest BCUT2D eigenvalue weighted by atomic mass is 10.0. The van der Waals surface area contributed by atoms with Gasteiger partial charge in [0.15, 0.2) is 0 Å². The van der Waals surface area contributed by atoms with Crippen LogP contribution in [-0.4, -0.2) is 30.6 Å². The summed E-state index contributed by atoms with van der Waals surface area (Å²) in [5.74, 6) is 0. The first-order valence-corrected chi connectivity index (χ1v) is 7.52. The third-order valence-electron chi connectivity index (χ3n) is 4.00. The van der Waals surface area contributed by atoms with Crippen molar-refractivity contribution in [3.63, 3.8) is 0 Å². The fourth-order valence-electron chi connectivity index (χ4n) is 3.05. The summed E-state index contributed by atoms with van der Waals surface area (Å²) in [7, 11) is 0. The molecule has 0 aliphatic carbocycles. The molecule has 0 radical (unpaired) electrons. The summed E-state index contributed by atoms with van der Waals surface area (Å²) in [5, 5.41) is 3.29. The Labute approximate surface area is 124 Å². The highest BCUT2D eigenvalue weighted by atomic mass is 19.4. The van der Waals surface area contributed by atoms with Gasteiger partial charge in [-0.25, -0.2) is 0 Å². The van der Waals surface area contributed by atoms with Crippen LogP contribution < -0.4 is 5.32 Å². The third-order valence-corrected chi connectivity index (χ3v) is 4.00. The molecule has 0 bridgehead atoms. The number of hydrogen-bond acceptors (Lipinski definition) is 2. The molecule has 1 aromatic carbocycles. The number of benzene rings is 1. The molecule has 1 aliphatic rings. The Bertz CT molecular complexity index is 453. The summed E-state index contributed by atoms with van der Waals surface area (Å²) in [5.41, 5.74) is -0.225. The quantitative estimate of drug-likeness (QED) is 0.889. The molecule has 2 rings (SSSR count). The van der Waals surface area contributed by atoms with Crippen molar-refractivity contribution in [2.75, 3.05) is 19.6 Å². The Hall–Kier alpha value is -1.07. The molecule has 1 heterocycles. The zero-order valence-corrected chi connectivity index (χ0v) is 12.6. The van der Waals surface area contributed by atoms with Crippen LogP contribution in [0, 0.1) is 0 Å². The topological polar surface area (TPSA) is 15.3 Å². The van der Waals surface area contributed by atoms with Crippen LogP contribution in [0.5, 0.6) is 0 Å². The molecular formula is C16H23F3N2. The lowest BCUT2D eigenvalue weighted by Crippen LogP contribution is -2.39. The van der Waals surface area contributed by atoms with E-state index in [1.807, 2.05) is 6.92 Å². The summed E-state index contributed by atoms with van der Waals surface area (Å²) in [6.07, 6.45) is -1.86. The van der Waals surface area contributed by atoms with Gasteiger partial charge in [-0.3, -0.25) is 0 Å². The SMILES string of the molecule is CC(CN1CCCC1)NC(C)c1ccccc1C(F)(F)F. The van der Waals surface area contributed by atoms with Crippen LogP contribution in [0.1, 0.15) is 43.9 Å². The minimum Gasteiger partial charge on any atom is -0.306 e. The molecule has 21 heavy (non-hydrogen) atoms. The van der Waals surface area contributed by atoms with Crippen molar-refractivity contribution in [1.29, 1.82) is 0 Å². The maximum absolute atomic E-state index is 13.0. The van der Waals surface area contributed by atoms with E-state index < -0.39 is 11.7 Å². The van der Waals surface area contributed by atoms with Crippen molar-refractivity contribution >= 4 is 0 Å². The van der Waals surface area contributed by atoms with E-state index in [4.69, 9.17) is 0 Å². The van der Waals surface area contributed by atoms with Crippen LogP contribution in [-0.2, 0) is 6.18 Å². The standard InChI is InChI=1S/C16H23F3N2/c1-12(11-21-9-5-6-10-21)20-13(2)14-7-3-4-8-15(14)16(17,18)19/h3-4,7-8,12-13,20H,5-6,9-11H2,1-2H3. The minimum atomic E-state index is -4.30. The highest BCUT2D eigenvalue weighted by Gasteiger charge is 2.34. The Balaban J connectivity index is 2.01. The third kappa shape index (κ3) is 4.45. The zero-order valence-electron chi connectivity index (χ0n) is 12.6. The molecule has 5 heteroatoms. The smallest absolute Gasteiger partial charge is 0.306 e. The summed E-state index contributed by atoms with van der Waals surface area (Å²) < 4.78 is 39.1. The molecule has 0 saturated carbocycles. The molecule has 2 unspecified atom stereocenters. The molecule has 1 aromatic rings. The highest BCUT2D eigenvalue weighted by Crippen LogP contribution is 2.34. The van der Waals surface area contributed by atoms with Crippen LogP contribution in [0.3, 0.4) is 0 Å². The minimum absolute atomic E-state index is 0.166. The fourth-order valence-corrected chi connectivity index (χ4v) is 3.05. The molecule has 2 nitrogen and oxygen atoms in total. The second-order valence-electron chi connectivity index (χ2n) is 5.88. The second kappa shape index (κ2) is 6.79. The number of rotatable bonds is 5. The fraction of sp³-hybridized carbons (Fsp3) is 0.625. The average molecular weight is 300 g/mol. The van der Waals surface area contributed by atoms with Gasteiger partial charge in [0.05, 0.1) is 5.56 Å². The van der Waals surface area contributed by atoms with E-state index in [2.05, 4.69) is 10.2 Å². The normalized spacial score (nSPS) is 19.7. The molecule has 1 fully saturated rings. The number of nitrogens with one attached hydrogen (secondary N) is 1. The first-order valence-electron chi connectivity index (χ1n) is 7.52. The van der Waals surface area contributed by atoms with Crippen LogP contribution in [0.15, 0.2) is 24.3 Å². The number of nitrogens with zero attached hydrogens (tertiary/aromatic N) is 1. The number of alkyl halides is 3. The van der Waals surface area contributed by atoms with E-state index >= 15 is 0 Å². The molecule has 1 N–H and O–H groups in total. The van der Waals surface area contributed by atoms with Crippen molar-refractivity contribution < 1.29 is 13.2 Å². The van der Waals surface area contributed by atoms with Crippen LogP contribution in [0.25, 0.3) is 0 Å². The maximum atomic E-state index is 13.0. The van der Waals surface area contributed by atoms with Gasteiger partial charge in [-0.2, -0.15) is 13.2 Å². The summed E-state index contributed by atoms with van der Waals surface area (Å²) in [6.45, 7) is 6.91. The predicted octanol–water partition coefficient (Wildman–Crippen LogP) is 3.84. The maximum Gasteiger partial charge on any atom is 0.416 e. The van der Waals surface area contributed by atoms with Gasteiger partial charge in [0.1, 0.15) is 0 Å². The summed E-state index contributed by atoms with van der Waals surface area (Å²) in [4.78, 5) is 2.36. The Kier molecular flexibility index (Phi) is 5.27. The molecule has 1 aliphatic heterocycles. The zero-order chi connectivity index (χ0) is 15.5. The van der Waals surface area contributed by atoms with E-state index in [-0.39, 0.29) is 12.1 Å². The summed E-state index contributed by atoms with van der Waals surface area (Å²) >= 11 is 0. The van der Waals surface area contributed by atoms with Gasteiger partial charge in [0.25, 0.3) is 0 Å². The van der Waals surface area contributed by atoms with Crippen LogP contribution >= 0.6 is 0 Å². The van der Waals surface area contributed by atoms with Gasteiger partial charge in [0.2, 0.25) is 0 Å². The van der Waals surface area contributed by atoms with E-state index in [9.17, 15) is 13.2 Å². The number of likely N-dealkylation sites (tertiary alicyclic amines) is 1. The second-order valence-corrected chi connectivity index (χ2v) is 5.88. The molecule has 118 valence electrons. The Morgan fingerprint density at radius 2 is 1.76 bits per heavy atom. The van der Waals surface area contributed by atoms with E-state index in [1.54, 1.807) is 19.1 Å². The Morgan fingerprint density at radius 1 is 1.14 bits per heavy atom. The molecule has 1 saturated heterocycles. The van der Waals surface area contributed by atoms with Crippen molar-refractivity contribution in [2.45, 2.75) is 44.9 Å². The van der Waals surface area contributed by atoms with Gasteiger partial charge in [-0.05, 0) is 51.4 Å².